The van der Waals surface area contributed by atoms with Gasteiger partial charge in [0, 0.05) is 0 Å². The van der Waals surface area contributed by atoms with Crippen LogP contribution in [0.3, 0.4) is 0 Å². The van der Waals surface area contributed by atoms with Crippen LogP contribution in [0.4, 0.5) is 0 Å². The Kier molecular flexibility index (Phi) is 4.68. The number of hydrogen-bond acceptors (Lipinski definition) is 0. The highest BCUT2D eigenvalue weighted by Crippen LogP contribution is 2.28. The van der Waals surface area contributed by atoms with E-state index in [9.17, 15) is 0 Å². The maximum absolute atomic E-state index is 2.23. The van der Waals surface area contributed by atoms with E-state index in [1.54, 1.807) is 5.57 Å². The van der Waals surface area contributed by atoms with Crippen LogP contribution < -0.4 is 0 Å². The van der Waals surface area contributed by atoms with Crippen molar-refractivity contribution in [1.82, 2.24) is 0 Å². The molecule has 0 radical (unpaired) electrons. The summed E-state index contributed by atoms with van der Waals surface area (Å²) >= 11 is 0. The summed E-state index contributed by atoms with van der Waals surface area (Å²) in [6.45, 7) is 0. The van der Waals surface area contributed by atoms with Crippen molar-refractivity contribution >= 4 is 0 Å². The molecular weight excluding hydrogens is 252 g/mol. The zero-order valence-corrected chi connectivity index (χ0v) is 12.5. The maximum Gasteiger partial charge on any atom is -0.00915 e. The monoisotopic (exact) mass is 274 g/mol. The molecule has 0 heterocycles. The van der Waals surface area contributed by atoms with E-state index in [1.807, 2.05) is 0 Å². The minimum absolute atomic E-state index is 1.14. The molecule has 0 amide bonds. The molecule has 0 spiro atoms. The van der Waals surface area contributed by atoms with Crippen molar-refractivity contribution in [2.75, 3.05) is 0 Å². The third kappa shape index (κ3) is 3.72. The van der Waals surface area contributed by atoms with Gasteiger partial charge in [0.1, 0.15) is 0 Å². The highest BCUT2D eigenvalue weighted by molar-refractivity contribution is 5.47. The predicted molar refractivity (Wildman–Crippen MR) is 92.0 cm³/mol. The molecule has 0 fully saturated rings. The van der Waals surface area contributed by atoms with Crippen LogP contribution >= 0.6 is 0 Å². The van der Waals surface area contributed by atoms with E-state index in [1.165, 1.54) is 42.4 Å². The molecule has 5 rings (SSSR count). The summed E-state index contributed by atoms with van der Waals surface area (Å²) in [5.41, 5.74) is 6.13. The Labute approximate surface area is 128 Å². The molecule has 0 aromatic rings. The van der Waals surface area contributed by atoms with Crippen LogP contribution in [0.15, 0.2) is 95.2 Å². The van der Waals surface area contributed by atoms with Gasteiger partial charge >= 0.3 is 0 Å². The van der Waals surface area contributed by atoms with Crippen molar-refractivity contribution in [3.05, 3.63) is 95.2 Å². The van der Waals surface area contributed by atoms with Crippen LogP contribution in [0.5, 0.6) is 0 Å². The molecule has 0 heteroatoms. The quantitative estimate of drug-likeness (QED) is 0.515. The molecule has 0 nitrogen and oxygen atoms in total. The molecule has 0 saturated carbocycles. The van der Waals surface area contributed by atoms with Gasteiger partial charge < -0.3 is 0 Å². The molecule has 0 saturated heterocycles. The summed E-state index contributed by atoms with van der Waals surface area (Å²) in [7, 11) is 0. The van der Waals surface area contributed by atoms with Gasteiger partial charge in [0.2, 0.25) is 0 Å². The summed E-state index contributed by atoms with van der Waals surface area (Å²) in [6.07, 6.45) is 32.0. The first-order chi connectivity index (χ1) is 10.4. The minimum atomic E-state index is 1.14. The van der Waals surface area contributed by atoms with Gasteiger partial charge in [-0.2, -0.15) is 0 Å². The van der Waals surface area contributed by atoms with Crippen molar-refractivity contribution in [3.63, 3.8) is 0 Å². The minimum Gasteiger partial charge on any atom is -0.0808 e. The van der Waals surface area contributed by atoms with Crippen molar-refractivity contribution in [1.29, 1.82) is 0 Å². The third-order valence-electron chi connectivity index (χ3n) is 4.11. The Bertz CT molecular complexity index is 573. The summed E-state index contributed by atoms with van der Waals surface area (Å²) in [6, 6.07) is 0. The van der Waals surface area contributed by atoms with Crippen LogP contribution in [0, 0.1) is 0 Å². The highest BCUT2D eigenvalue weighted by Gasteiger charge is 2.09. The van der Waals surface area contributed by atoms with Gasteiger partial charge in [-0.05, 0) is 48.8 Å². The first kappa shape index (κ1) is 13.9. The van der Waals surface area contributed by atoms with Crippen LogP contribution in [0.25, 0.3) is 0 Å². The number of rotatable bonds is 0. The molecule has 5 aliphatic carbocycles. The second-order valence-electron chi connectivity index (χ2n) is 5.63. The molecule has 0 N–H and O–H groups in total. The Hall–Kier alpha value is -2.08. The first-order valence-electron chi connectivity index (χ1n) is 7.85. The van der Waals surface area contributed by atoms with E-state index in [0.29, 0.717) is 0 Å². The van der Waals surface area contributed by atoms with Gasteiger partial charge in [0.25, 0.3) is 0 Å². The lowest BCUT2D eigenvalue weighted by atomic mass is 10.2. The van der Waals surface area contributed by atoms with Crippen molar-refractivity contribution in [2.45, 2.75) is 32.1 Å². The summed E-state index contributed by atoms with van der Waals surface area (Å²) in [5.74, 6) is 0. The standard InChI is InChI=1S/2C8H8.C5H6/c2*1-3-7-5-2-6-8(7)4-1;1-2-4-5-3-1/h1-3,6H,4-5H2;1-3,5H,4,6H2;1-4H,5H2. The van der Waals surface area contributed by atoms with Crippen LogP contribution in [0.1, 0.15) is 32.1 Å². The molecule has 21 heavy (non-hydrogen) atoms. The first-order valence-corrected chi connectivity index (χ1v) is 7.85. The molecule has 0 aliphatic heterocycles. The molecule has 0 aromatic carbocycles. The lowest BCUT2D eigenvalue weighted by Crippen LogP contribution is -1.69. The average molecular weight is 274 g/mol. The Morgan fingerprint density at radius 2 is 1.05 bits per heavy atom. The second kappa shape index (κ2) is 7.08. The highest BCUT2D eigenvalue weighted by atomic mass is 14.1. The fourth-order valence-electron chi connectivity index (χ4n) is 2.93. The molecule has 0 unspecified atom stereocenters. The molecule has 106 valence electrons. The molecule has 0 bridgehead atoms. The zero-order chi connectivity index (χ0) is 14.3. The van der Waals surface area contributed by atoms with E-state index in [0.717, 1.165) is 6.42 Å². The average Bonchev–Trinajstić information content (AvgIpc) is 3.25. The van der Waals surface area contributed by atoms with Crippen molar-refractivity contribution in [2.24, 2.45) is 0 Å². The number of hydrogen-bond donors (Lipinski definition) is 0. The SMILES string of the molecule is C1=CC2=C(C1)CC=C2.C1=CC2=C(C=CC2)C1.C1=CCC=C1. The lowest BCUT2D eigenvalue weighted by molar-refractivity contribution is 1.15. The van der Waals surface area contributed by atoms with Gasteiger partial charge in [0.05, 0.1) is 0 Å². The van der Waals surface area contributed by atoms with E-state index in [2.05, 4.69) is 72.9 Å². The molecular formula is C21H22. The van der Waals surface area contributed by atoms with Crippen LogP contribution in [-0.4, -0.2) is 0 Å². The molecule has 0 atom stereocenters. The van der Waals surface area contributed by atoms with Crippen molar-refractivity contribution < 1.29 is 0 Å². The summed E-state index contributed by atoms with van der Waals surface area (Å²) in [5, 5.41) is 0. The lowest BCUT2D eigenvalue weighted by Gasteiger charge is -1.88. The maximum atomic E-state index is 2.23. The van der Waals surface area contributed by atoms with Gasteiger partial charge in [0.15, 0.2) is 0 Å². The Morgan fingerprint density at radius 3 is 1.48 bits per heavy atom. The number of allylic oxidation sites excluding steroid dienone is 16. The second-order valence-corrected chi connectivity index (χ2v) is 5.63. The van der Waals surface area contributed by atoms with Crippen LogP contribution in [-0.2, 0) is 0 Å². The normalized spacial score (nSPS) is 21.7. The summed E-state index contributed by atoms with van der Waals surface area (Å²) in [4.78, 5) is 0. The fraction of sp³-hybridized carbons (Fsp3) is 0.238. The van der Waals surface area contributed by atoms with Gasteiger partial charge in [-0.25, -0.2) is 0 Å². The summed E-state index contributed by atoms with van der Waals surface area (Å²) < 4.78 is 0. The molecule has 0 aromatic heterocycles. The van der Waals surface area contributed by atoms with E-state index >= 15 is 0 Å². The van der Waals surface area contributed by atoms with E-state index < -0.39 is 0 Å². The largest absolute Gasteiger partial charge is 0.0808 e. The Balaban J connectivity index is 0.0000000976. The smallest absolute Gasteiger partial charge is 0.00915 e. The van der Waals surface area contributed by atoms with Gasteiger partial charge in [-0.3, -0.25) is 0 Å². The van der Waals surface area contributed by atoms with E-state index in [-0.39, 0.29) is 0 Å². The van der Waals surface area contributed by atoms with Gasteiger partial charge in [-0.15, -0.1) is 0 Å². The molecule has 5 aliphatic rings. The van der Waals surface area contributed by atoms with Crippen LogP contribution in [0.2, 0.25) is 0 Å². The van der Waals surface area contributed by atoms with Crippen molar-refractivity contribution in [3.8, 4) is 0 Å². The third-order valence-corrected chi connectivity index (χ3v) is 4.11. The fourth-order valence-corrected chi connectivity index (χ4v) is 2.93. The predicted octanol–water partition coefficient (Wildman–Crippen LogP) is 5.91. The topological polar surface area (TPSA) is 0 Å². The Morgan fingerprint density at radius 1 is 0.524 bits per heavy atom. The van der Waals surface area contributed by atoms with Gasteiger partial charge in [-0.1, -0.05) is 78.5 Å². The zero-order valence-electron chi connectivity index (χ0n) is 12.5. The van der Waals surface area contributed by atoms with E-state index in [4.69, 9.17) is 0 Å².